The summed E-state index contributed by atoms with van der Waals surface area (Å²) in [5.74, 6) is 0.897. The Morgan fingerprint density at radius 3 is 1.77 bits per heavy atom. The van der Waals surface area contributed by atoms with Crippen molar-refractivity contribution in [2.45, 2.75) is 95.6 Å². The summed E-state index contributed by atoms with van der Waals surface area (Å²) < 4.78 is 4.31. The van der Waals surface area contributed by atoms with Crippen LogP contribution in [0.5, 0.6) is 0 Å². The van der Waals surface area contributed by atoms with Gasteiger partial charge in [0, 0.05) is 31.7 Å². The van der Waals surface area contributed by atoms with Gasteiger partial charge in [-0.1, -0.05) is 57.1 Å². The molecule has 30 heavy (non-hydrogen) atoms. The molecule has 0 amide bonds. The van der Waals surface area contributed by atoms with E-state index in [4.69, 9.17) is 0 Å². The van der Waals surface area contributed by atoms with Gasteiger partial charge in [0.05, 0.1) is 11.0 Å². The van der Waals surface area contributed by atoms with Crippen molar-refractivity contribution < 1.29 is 0 Å². The Bertz CT molecular complexity index is 875. The minimum Gasteiger partial charge on any atom is -0.303 e. The van der Waals surface area contributed by atoms with Crippen LogP contribution in [0.15, 0.2) is 29.1 Å². The van der Waals surface area contributed by atoms with Crippen LogP contribution in [0, 0.1) is 5.92 Å². The first kappa shape index (κ1) is 20.4. The van der Waals surface area contributed by atoms with Crippen LogP contribution in [0.2, 0.25) is 0 Å². The number of rotatable bonds is 4. The number of hydrogen-bond donors (Lipinski definition) is 0. The van der Waals surface area contributed by atoms with Crippen molar-refractivity contribution in [3.05, 3.63) is 34.7 Å². The van der Waals surface area contributed by atoms with Crippen LogP contribution in [-0.2, 0) is 0 Å². The lowest BCUT2D eigenvalue weighted by Gasteiger charge is -2.35. The molecule has 2 saturated carbocycles. The summed E-state index contributed by atoms with van der Waals surface area (Å²) in [4.78, 5) is 16.3. The van der Waals surface area contributed by atoms with E-state index in [9.17, 15) is 4.79 Å². The maximum absolute atomic E-state index is 13.6. The smallest absolute Gasteiger partial charge is 0.303 e. The number of hydrogen-bond acceptors (Lipinski definition) is 2. The Morgan fingerprint density at radius 2 is 1.17 bits per heavy atom. The molecule has 0 bridgehead atoms. The Kier molecular flexibility index (Phi) is 6.31. The summed E-state index contributed by atoms with van der Waals surface area (Å²) in [7, 11) is 0. The van der Waals surface area contributed by atoms with E-state index in [0.717, 1.165) is 55.7 Å². The molecule has 1 aromatic carbocycles. The zero-order valence-corrected chi connectivity index (χ0v) is 18.6. The molecule has 1 aliphatic heterocycles. The van der Waals surface area contributed by atoms with E-state index < -0.39 is 0 Å². The SMILES string of the molecule is O=c1n(C2CCCC2)c2ccccc2n1C1CCN(CC2CCCCCCC2)CC1. The molecule has 164 valence electrons. The van der Waals surface area contributed by atoms with Gasteiger partial charge in [0.1, 0.15) is 0 Å². The Balaban J connectivity index is 1.30. The Morgan fingerprint density at radius 1 is 0.667 bits per heavy atom. The normalized spacial score (nSPS) is 23.7. The summed E-state index contributed by atoms with van der Waals surface area (Å²) in [6.45, 7) is 3.58. The van der Waals surface area contributed by atoms with Gasteiger partial charge in [0.25, 0.3) is 0 Å². The maximum atomic E-state index is 13.6. The summed E-state index contributed by atoms with van der Waals surface area (Å²) in [5, 5.41) is 0. The predicted molar refractivity (Wildman–Crippen MR) is 124 cm³/mol. The zero-order chi connectivity index (χ0) is 20.3. The molecule has 1 saturated heterocycles. The van der Waals surface area contributed by atoms with Crippen LogP contribution in [0.1, 0.15) is 95.6 Å². The highest BCUT2D eigenvalue weighted by Crippen LogP contribution is 2.33. The number of imidazole rings is 1. The van der Waals surface area contributed by atoms with Gasteiger partial charge in [-0.25, -0.2) is 4.79 Å². The molecule has 3 fully saturated rings. The third kappa shape index (κ3) is 4.12. The summed E-state index contributed by atoms with van der Waals surface area (Å²) in [6, 6.07) is 9.29. The third-order valence-corrected chi connectivity index (χ3v) is 8.17. The fraction of sp³-hybridized carbons (Fsp3) is 0.731. The predicted octanol–water partition coefficient (Wildman–Crippen LogP) is 5.92. The molecule has 1 aromatic heterocycles. The lowest BCUT2D eigenvalue weighted by atomic mass is 9.90. The third-order valence-electron chi connectivity index (χ3n) is 8.17. The van der Waals surface area contributed by atoms with E-state index in [0.29, 0.717) is 12.1 Å². The second kappa shape index (κ2) is 9.30. The Hall–Kier alpha value is -1.55. The molecule has 0 N–H and O–H groups in total. The van der Waals surface area contributed by atoms with Crippen molar-refractivity contribution in [2.75, 3.05) is 19.6 Å². The van der Waals surface area contributed by atoms with Gasteiger partial charge in [-0.3, -0.25) is 9.13 Å². The maximum Gasteiger partial charge on any atom is 0.329 e. The molecule has 2 heterocycles. The first-order valence-corrected chi connectivity index (χ1v) is 12.7. The van der Waals surface area contributed by atoms with E-state index in [2.05, 4.69) is 38.3 Å². The van der Waals surface area contributed by atoms with E-state index in [1.54, 1.807) is 0 Å². The van der Waals surface area contributed by atoms with Crippen LogP contribution < -0.4 is 5.69 Å². The molecular weight excluding hydrogens is 370 g/mol. The highest BCUT2D eigenvalue weighted by molar-refractivity contribution is 5.76. The first-order valence-electron chi connectivity index (χ1n) is 12.7. The molecule has 0 radical (unpaired) electrons. The van der Waals surface area contributed by atoms with Gasteiger partial charge in [-0.2, -0.15) is 0 Å². The second-order valence-corrected chi connectivity index (χ2v) is 10.2. The van der Waals surface area contributed by atoms with Crippen LogP contribution in [0.3, 0.4) is 0 Å². The standard InChI is InChI=1S/C26H39N3O/c30-26-28(22-12-6-7-13-22)24-14-8-9-15-25(24)29(26)23-16-18-27(19-17-23)20-21-10-4-2-1-3-5-11-21/h8-9,14-15,21-23H,1-7,10-13,16-20H2. The quantitative estimate of drug-likeness (QED) is 0.628. The van der Waals surface area contributed by atoms with E-state index in [1.807, 2.05) is 0 Å². The molecule has 0 unspecified atom stereocenters. The molecule has 3 aliphatic rings. The first-order chi connectivity index (χ1) is 14.8. The molecule has 4 nitrogen and oxygen atoms in total. The number of fused-ring (bicyclic) bond motifs is 1. The minimum absolute atomic E-state index is 0.251. The molecule has 4 heteroatoms. The van der Waals surface area contributed by atoms with Gasteiger partial charge >= 0.3 is 5.69 Å². The van der Waals surface area contributed by atoms with Crippen molar-refractivity contribution in [3.8, 4) is 0 Å². The highest BCUT2D eigenvalue weighted by atomic mass is 16.1. The van der Waals surface area contributed by atoms with Gasteiger partial charge < -0.3 is 4.90 Å². The van der Waals surface area contributed by atoms with Gasteiger partial charge in [0.15, 0.2) is 0 Å². The molecule has 2 aliphatic carbocycles. The van der Waals surface area contributed by atoms with E-state index in [-0.39, 0.29) is 5.69 Å². The average Bonchev–Trinajstić information content (AvgIpc) is 3.36. The molecule has 2 aromatic rings. The monoisotopic (exact) mass is 409 g/mol. The van der Waals surface area contributed by atoms with Crippen LogP contribution in [-0.4, -0.2) is 33.7 Å². The van der Waals surface area contributed by atoms with Crippen LogP contribution in [0.25, 0.3) is 11.0 Å². The number of piperidine rings is 1. The molecule has 0 spiro atoms. The average molecular weight is 410 g/mol. The van der Waals surface area contributed by atoms with E-state index >= 15 is 0 Å². The largest absolute Gasteiger partial charge is 0.329 e. The number of aromatic nitrogens is 2. The summed E-state index contributed by atoms with van der Waals surface area (Å²) in [5.41, 5.74) is 2.57. The summed E-state index contributed by atoms with van der Waals surface area (Å²) >= 11 is 0. The fourth-order valence-corrected chi connectivity index (χ4v) is 6.51. The molecular formula is C26H39N3O. The molecule has 0 atom stereocenters. The molecule has 5 rings (SSSR count). The highest BCUT2D eigenvalue weighted by Gasteiger charge is 2.29. The zero-order valence-electron chi connectivity index (χ0n) is 18.6. The Labute approximate surface area is 181 Å². The number of benzene rings is 1. The lowest BCUT2D eigenvalue weighted by Crippen LogP contribution is -2.40. The minimum atomic E-state index is 0.251. The second-order valence-electron chi connectivity index (χ2n) is 10.2. The summed E-state index contributed by atoms with van der Waals surface area (Å²) in [6.07, 6.45) is 17.1. The van der Waals surface area contributed by atoms with Crippen LogP contribution >= 0.6 is 0 Å². The van der Waals surface area contributed by atoms with Crippen molar-refractivity contribution in [2.24, 2.45) is 5.92 Å². The number of likely N-dealkylation sites (tertiary alicyclic amines) is 1. The van der Waals surface area contributed by atoms with Crippen molar-refractivity contribution in [1.82, 2.24) is 14.0 Å². The van der Waals surface area contributed by atoms with Crippen molar-refractivity contribution >= 4 is 11.0 Å². The van der Waals surface area contributed by atoms with E-state index in [1.165, 1.54) is 64.3 Å². The number of para-hydroxylation sites is 2. The van der Waals surface area contributed by atoms with Gasteiger partial charge in [-0.15, -0.1) is 0 Å². The topological polar surface area (TPSA) is 30.2 Å². The van der Waals surface area contributed by atoms with Crippen LogP contribution in [0.4, 0.5) is 0 Å². The van der Waals surface area contributed by atoms with Gasteiger partial charge in [-0.05, 0) is 56.6 Å². The van der Waals surface area contributed by atoms with Crippen molar-refractivity contribution in [1.29, 1.82) is 0 Å². The van der Waals surface area contributed by atoms with Crippen molar-refractivity contribution in [3.63, 3.8) is 0 Å². The fourth-order valence-electron chi connectivity index (χ4n) is 6.51. The lowest BCUT2D eigenvalue weighted by molar-refractivity contribution is 0.151. The number of nitrogens with zero attached hydrogens (tertiary/aromatic N) is 3. The van der Waals surface area contributed by atoms with Gasteiger partial charge in [0.2, 0.25) is 0 Å².